The van der Waals surface area contributed by atoms with Gasteiger partial charge in [0.2, 0.25) is 35.4 Å². The summed E-state index contributed by atoms with van der Waals surface area (Å²) in [5, 5.41) is 43.4. The van der Waals surface area contributed by atoms with E-state index in [-0.39, 0.29) is 37.4 Å². The fourth-order valence-corrected chi connectivity index (χ4v) is 5.28. The van der Waals surface area contributed by atoms with Gasteiger partial charge in [0.1, 0.15) is 36.0 Å². The van der Waals surface area contributed by atoms with Crippen molar-refractivity contribution in [2.45, 2.75) is 82.7 Å². The van der Waals surface area contributed by atoms with Gasteiger partial charge < -0.3 is 62.9 Å². The number of carboxylic acids is 1. The fourth-order valence-electron chi connectivity index (χ4n) is 5.28. The molecule has 3 rings (SSSR count). The zero-order valence-corrected chi connectivity index (χ0v) is 31.1. The molecule has 0 bridgehead atoms. The molecular formula is C35H49N11O10. The Morgan fingerprint density at radius 1 is 0.696 bits per heavy atom. The first-order chi connectivity index (χ1) is 26.6. The van der Waals surface area contributed by atoms with Crippen LogP contribution in [0.4, 0.5) is 0 Å². The van der Waals surface area contributed by atoms with E-state index in [0.29, 0.717) is 17.0 Å². The molecule has 13 N–H and O–H groups in total. The summed E-state index contributed by atoms with van der Waals surface area (Å²) in [5.41, 5.74) is 7.69. The van der Waals surface area contributed by atoms with Crippen LogP contribution in [0.3, 0.4) is 0 Å². The van der Waals surface area contributed by atoms with E-state index >= 15 is 0 Å². The Morgan fingerprint density at radius 3 is 1.82 bits per heavy atom. The molecule has 2 heterocycles. The number of rotatable bonds is 22. The highest BCUT2D eigenvalue weighted by Gasteiger charge is 2.31. The largest absolute Gasteiger partial charge is 0.508 e. The van der Waals surface area contributed by atoms with Gasteiger partial charge >= 0.3 is 5.97 Å². The number of aromatic hydroxyl groups is 1. The number of aromatic amines is 2. The molecule has 3 aromatic rings. The number of amides is 6. The Balaban J connectivity index is 1.58. The lowest BCUT2D eigenvalue weighted by molar-refractivity contribution is -0.141. The fraction of sp³-hybridized carbons (Fsp3) is 0.457. The molecule has 21 nitrogen and oxygen atoms in total. The maximum Gasteiger partial charge on any atom is 0.326 e. The molecule has 0 saturated carbocycles. The number of H-pyrrole nitrogens is 2. The minimum Gasteiger partial charge on any atom is -0.508 e. The number of aliphatic hydroxyl groups excluding tert-OH is 1. The predicted octanol–water partition coefficient (Wildman–Crippen LogP) is -3.12. The van der Waals surface area contributed by atoms with Gasteiger partial charge in [-0.1, -0.05) is 26.0 Å². The highest BCUT2D eigenvalue weighted by Crippen LogP contribution is 2.12. The normalized spacial score (nSPS) is 14.2. The first-order valence-corrected chi connectivity index (χ1v) is 17.7. The Bertz CT molecular complexity index is 1770. The van der Waals surface area contributed by atoms with Gasteiger partial charge in [0.05, 0.1) is 31.8 Å². The van der Waals surface area contributed by atoms with Crippen molar-refractivity contribution in [2.24, 2.45) is 11.7 Å². The van der Waals surface area contributed by atoms with Crippen LogP contribution in [0.2, 0.25) is 0 Å². The van der Waals surface area contributed by atoms with Gasteiger partial charge in [0, 0.05) is 43.0 Å². The number of carboxylic acid groups (broad SMARTS) is 1. The molecule has 21 heteroatoms. The van der Waals surface area contributed by atoms with Crippen LogP contribution in [0.5, 0.6) is 5.75 Å². The van der Waals surface area contributed by atoms with Gasteiger partial charge in [-0.25, -0.2) is 14.8 Å². The number of hydrogen-bond donors (Lipinski definition) is 12. The lowest BCUT2D eigenvalue weighted by Gasteiger charge is -2.26. The monoisotopic (exact) mass is 783 g/mol. The average Bonchev–Trinajstić information content (AvgIpc) is 3.87. The smallest absolute Gasteiger partial charge is 0.326 e. The van der Waals surface area contributed by atoms with E-state index in [2.05, 4.69) is 51.8 Å². The summed E-state index contributed by atoms with van der Waals surface area (Å²) in [6, 6.07) is -1.87. The van der Waals surface area contributed by atoms with E-state index in [1.54, 1.807) is 13.8 Å². The molecule has 6 atom stereocenters. The quantitative estimate of drug-likeness (QED) is 0.0481. The van der Waals surface area contributed by atoms with Crippen molar-refractivity contribution < 1.29 is 48.9 Å². The van der Waals surface area contributed by atoms with Crippen molar-refractivity contribution in [3.8, 4) is 5.75 Å². The van der Waals surface area contributed by atoms with Crippen LogP contribution in [0.1, 0.15) is 44.1 Å². The average molecular weight is 784 g/mol. The summed E-state index contributed by atoms with van der Waals surface area (Å²) in [6.07, 6.45) is 5.88. The Morgan fingerprint density at radius 2 is 1.27 bits per heavy atom. The van der Waals surface area contributed by atoms with Crippen LogP contribution >= 0.6 is 0 Å². The zero-order chi connectivity index (χ0) is 41.4. The molecule has 0 aliphatic heterocycles. The number of hydrogen-bond acceptors (Lipinski definition) is 12. The van der Waals surface area contributed by atoms with Gasteiger partial charge in [-0.3, -0.25) is 28.8 Å². The summed E-state index contributed by atoms with van der Waals surface area (Å²) in [4.78, 5) is 104. The first kappa shape index (κ1) is 44.0. The number of nitrogens with zero attached hydrogens (tertiary/aromatic N) is 2. The minimum atomic E-state index is -1.56. The Labute approximate surface area is 321 Å². The number of aromatic nitrogens is 4. The van der Waals surface area contributed by atoms with Crippen LogP contribution in [0.15, 0.2) is 49.3 Å². The molecular weight excluding hydrogens is 734 g/mol. The summed E-state index contributed by atoms with van der Waals surface area (Å²) in [7, 11) is 0. The van der Waals surface area contributed by atoms with E-state index in [1.165, 1.54) is 56.2 Å². The zero-order valence-electron chi connectivity index (χ0n) is 31.1. The third kappa shape index (κ3) is 14.5. The Hall–Kier alpha value is -6.35. The third-order valence-electron chi connectivity index (χ3n) is 8.28. The number of nitrogens with one attached hydrogen (secondary N) is 8. The molecule has 0 saturated heterocycles. The van der Waals surface area contributed by atoms with Gasteiger partial charge in [-0.15, -0.1) is 0 Å². The second-order valence-electron chi connectivity index (χ2n) is 13.4. The van der Waals surface area contributed by atoms with Crippen LogP contribution in [0, 0.1) is 5.92 Å². The number of benzene rings is 1. The predicted molar refractivity (Wildman–Crippen MR) is 197 cm³/mol. The lowest BCUT2D eigenvalue weighted by Crippen LogP contribution is -2.59. The number of imidazole rings is 2. The number of aliphatic hydroxyl groups is 1. The summed E-state index contributed by atoms with van der Waals surface area (Å²) in [5.74, 6) is -6.33. The van der Waals surface area contributed by atoms with E-state index in [0.717, 1.165) is 0 Å². The second kappa shape index (κ2) is 21.5. The van der Waals surface area contributed by atoms with Crippen LogP contribution < -0.4 is 37.6 Å². The van der Waals surface area contributed by atoms with E-state index in [9.17, 15) is 48.9 Å². The van der Waals surface area contributed by atoms with E-state index in [4.69, 9.17) is 5.73 Å². The van der Waals surface area contributed by atoms with Crippen molar-refractivity contribution >= 4 is 41.4 Å². The molecule has 304 valence electrons. The van der Waals surface area contributed by atoms with Gasteiger partial charge in [0.25, 0.3) is 0 Å². The number of aliphatic carboxylic acids is 1. The SMILES string of the molecule is CC(C)C[C@H](NC(=O)[C@H](C)NC(=O)[C@H](Cc1cnc[nH]1)NC(=O)[C@@H](N)Cc1cnc[nH]1)C(=O)N[C@@H](CO)C(=O)NCC(=O)N[C@@H](Cc1ccc(O)cc1)C(=O)O. The van der Waals surface area contributed by atoms with Gasteiger partial charge in [-0.2, -0.15) is 0 Å². The standard InChI is InChI=1S/C35H49N11O10/c1-18(2)8-25(34(54)46-28(15-47)32(52)39-14-29(49)43-27(35(55)56)9-20-4-6-23(48)7-5-20)44-30(50)19(3)42-33(53)26(11-22-13-38-17-41-22)45-31(51)24(36)10-21-12-37-16-40-21/h4-7,12-13,16-19,24-28,47-48H,8-11,14-15,36H2,1-3H3,(H,37,40)(H,38,41)(H,39,52)(H,42,53)(H,43,49)(H,44,50)(H,45,51)(H,46,54)(H,55,56)/t19-,24-,25-,26-,27-,28-/m0/s1. The molecule has 0 spiro atoms. The molecule has 0 unspecified atom stereocenters. The molecule has 0 aliphatic rings. The van der Waals surface area contributed by atoms with Crippen LogP contribution in [0.25, 0.3) is 0 Å². The van der Waals surface area contributed by atoms with Crippen molar-refractivity contribution in [3.05, 3.63) is 66.3 Å². The highest BCUT2D eigenvalue weighted by molar-refractivity contribution is 5.96. The molecule has 56 heavy (non-hydrogen) atoms. The molecule has 0 aliphatic carbocycles. The molecule has 0 fully saturated rings. The van der Waals surface area contributed by atoms with Crippen LogP contribution in [-0.4, -0.2) is 126 Å². The molecule has 6 amide bonds. The molecule has 2 aromatic heterocycles. The van der Waals surface area contributed by atoms with Crippen molar-refractivity contribution in [2.75, 3.05) is 13.2 Å². The maximum absolute atomic E-state index is 13.4. The summed E-state index contributed by atoms with van der Waals surface area (Å²) >= 11 is 0. The summed E-state index contributed by atoms with van der Waals surface area (Å²) in [6.45, 7) is 3.34. The van der Waals surface area contributed by atoms with Crippen LogP contribution in [-0.2, 0) is 52.8 Å². The van der Waals surface area contributed by atoms with Crippen molar-refractivity contribution in [1.82, 2.24) is 51.8 Å². The van der Waals surface area contributed by atoms with Crippen molar-refractivity contribution in [1.29, 1.82) is 0 Å². The number of phenols is 1. The van der Waals surface area contributed by atoms with Crippen molar-refractivity contribution in [3.63, 3.8) is 0 Å². The Kier molecular flexibility index (Phi) is 16.9. The third-order valence-corrected chi connectivity index (χ3v) is 8.28. The number of phenolic OH excluding ortho intramolecular Hbond substituents is 1. The maximum atomic E-state index is 13.4. The highest BCUT2D eigenvalue weighted by atomic mass is 16.4. The van der Waals surface area contributed by atoms with E-state index < -0.39 is 90.8 Å². The first-order valence-electron chi connectivity index (χ1n) is 17.7. The number of nitrogens with two attached hydrogens (primary N) is 1. The number of carbonyl (C=O) groups excluding carboxylic acids is 6. The minimum absolute atomic E-state index is 0.0201. The summed E-state index contributed by atoms with van der Waals surface area (Å²) < 4.78 is 0. The van der Waals surface area contributed by atoms with Gasteiger partial charge in [0.15, 0.2) is 0 Å². The lowest BCUT2D eigenvalue weighted by atomic mass is 10.0. The molecule has 1 aromatic carbocycles. The number of carbonyl (C=O) groups is 7. The molecule has 0 radical (unpaired) electrons. The van der Waals surface area contributed by atoms with E-state index in [1.807, 2.05) is 0 Å². The topological polar surface area (TPSA) is 336 Å². The van der Waals surface area contributed by atoms with Gasteiger partial charge in [-0.05, 0) is 37.0 Å². The second-order valence-corrected chi connectivity index (χ2v) is 13.4.